The van der Waals surface area contributed by atoms with E-state index < -0.39 is 11.8 Å². The molecule has 1 aromatic heterocycles. The Morgan fingerprint density at radius 2 is 1.79 bits per heavy atom. The second kappa shape index (κ2) is 8.97. The number of amides is 2. The molecular formula is C22H22N4O3. The molecule has 0 saturated carbocycles. The fourth-order valence-electron chi connectivity index (χ4n) is 2.95. The molecule has 1 heterocycles. The number of aromatic hydroxyl groups is 1. The van der Waals surface area contributed by atoms with Gasteiger partial charge in [-0.3, -0.25) is 9.59 Å². The molecule has 29 heavy (non-hydrogen) atoms. The van der Waals surface area contributed by atoms with Gasteiger partial charge in [0, 0.05) is 17.5 Å². The third kappa shape index (κ3) is 4.76. The van der Waals surface area contributed by atoms with Crippen LogP contribution in [0.25, 0.3) is 17.0 Å². The number of rotatable bonds is 6. The Labute approximate surface area is 168 Å². The van der Waals surface area contributed by atoms with E-state index in [-0.39, 0.29) is 24.2 Å². The van der Waals surface area contributed by atoms with Crippen LogP contribution in [-0.4, -0.2) is 28.0 Å². The smallest absolute Gasteiger partial charge is 0.283 e. The molecule has 0 saturated heterocycles. The number of benzene rings is 2. The second-order valence-corrected chi connectivity index (χ2v) is 6.71. The first-order chi connectivity index (χ1) is 14.0. The molecule has 2 amide bonds. The van der Waals surface area contributed by atoms with Crippen molar-refractivity contribution in [2.75, 3.05) is 6.54 Å². The zero-order chi connectivity index (χ0) is 20.8. The fraction of sp³-hybridized carbons (Fsp3) is 0.182. The zero-order valence-corrected chi connectivity index (χ0v) is 16.2. The Hall–Kier alpha value is -3.74. The van der Waals surface area contributed by atoms with E-state index in [1.54, 1.807) is 10.6 Å². The quantitative estimate of drug-likeness (QED) is 0.483. The lowest BCUT2D eigenvalue weighted by atomic mass is 10.2. The van der Waals surface area contributed by atoms with Gasteiger partial charge in [-0.05, 0) is 31.6 Å². The summed E-state index contributed by atoms with van der Waals surface area (Å²) in [5, 5.41) is 21.3. The van der Waals surface area contributed by atoms with Crippen molar-refractivity contribution in [2.45, 2.75) is 19.9 Å². The van der Waals surface area contributed by atoms with E-state index >= 15 is 0 Å². The van der Waals surface area contributed by atoms with Crippen LogP contribution >= 0.6 is 0 Å². The maximum Gasteiger partial charge on any atom is 0.283 e. The summed E-state index contributed by atoms with van der Waals surface area (Å²) in [5.41, 5.74) is 1.92. The normalized spacial score (nSPS) is 11.7. The number of nitrogens with zero attached hydrogens (tertiary/aromatic N) is 3. The average molecular weight is 390 g/mol. The highest BCUT2D eigenvalue weighted by atomic mass is 16.3. The predicted molar refractivity (Wildman–Crippen MR) is 112 cm³/mol. The molecule has 0 atom stereocenters. The van der Waals surface area contributed by atoms with Gasteiger partial charge in [-0.2, -0.15) is 0 Å². The number of hydrogen-bond donors (Lipinski definition) is 2. The van der Waals surface area contributed by atoms with Gasteiger partial charge in [-0.1, -0.05) is 48.5 Å². The highest BCUT2D eigenvalue weighted by molar-refractivity contribution is 5.96. The number of carbonyl (C=O) groups is 2. The number of nitrogens with one attached hydrogen (secondary N) is 1. The largest absolute Gasteiger partial charge is 0.493 e. The molecule has 3 aromatic rings. The minimum Gasteiger partial charge on any atom is -0.493 e. The maximum absolute atomic E-state index is 12.0. The number of para-hydroxylation sites is 1. The third-order valence-corrected chi connectivity index (χ3v) is 4.28. The van der Waals surface area contributed by atoms with Crippen molar-refractivity contribution in [3.05, 3.63) is 66.2 Å². The van der Waals surface area contributed by atoms with Gasteiger partial charge >= 0.3 is 0 Å². The van der Waals surface area contributed by atoms with Gasteiger partial charge in [0.1, 0.15) is 6.54 Å². The summed E-state index contributed by atoms with van der Waals surface area (Å²) in [6, 6.07) is 16.7. The minimum atomic E-state index is -0.618. The summed E-state index contributed by atoms with van der Waals surface area (Å²) >= 11 is 0. The molecule has 0 fully saturated rings. The van der Waals surface area contributed by atoms with Crippen LogP contribution in [0.2, 0.25) is 0 Å². The van der Waals surface area contributed by atoms with Crippen LogP contribution < -0.4 is 5.32 Å². The standard InChI is InChI=1S/C22H22N4O3/c1-15(2)26-18-11-7-6-10-17(18)21(22(26)29)25-24-20(28)14-23-19(27)13-12-16-8-4-3-5-9-16/h3-13,15,29H,14H2,1-2H3,(H,23,27)/b13-12+,25-24?. The molecule has 0 spiro atoms. The molecule has 7 heteroatoms. The van der Waals surface area contributed by atoms with Crippen molar-refractivity contribution in [3.63, 3.8) is 0 Å². The molecular weight excluding hydrogens is 368 g/mol. The summed E-state index contributed by atoms with van der Waals surface area (Å²) in [6.07, 6.45) is 3.00. The summed E-state index contributed by atoms with van der Waals surface area (Å²) in [5.74, 6) is -1.07. The van der Waals surface area contributed by atoms with Gasteiger partial charge in [0.15, 0.2) is 5.69 Å². The van der Waals surface area contributed by atoms with Crippen LogP contribution in [0.5, 0.6) is 5.88 Å². The molecule has 0 radical (unpaired) electrons. The zero-order valence-electron chi connectivity index (χ0n) is 16.2. The molecule has 3 rings (SSSR count). The van der Waals surface area contributed by atoms with Crippen LogP contribution in [-0.2, 0) is 9.59 Å². The van der Waals surface area contributed by atoms with E-state index in [4.69, 9.17) is 0 Å². The number of aromatic nitrogens is 1. The second-order valence-electron chi connectivity index (χ2n) is 6.71. The number of azo groups is 1. The molecule has 2 N–H and O–H groups in total. The lowest BCUT2D eigenvalue weighted by Crippen LogP contribution is -2.26. The first-order valence-electron chi connectivity index (χ1n) is 9.25. The molecule has 0 aliphatic rings. The van der Waals surface area contributed by atoms with Crippen molar-refractivity contribution >= 4 is 34.5 Å². The van der Waals surface area contributed by atoms with Crippen molar-refractivity contribution in [1.29, 1.82) is 0 Å². The summed E-state index contributed by atoms with van der Waals surface area (Å²) in [7, 11) is 0. The summed E-state index contributed by atoms with van der Waals surface area (Å²) < 4.78 is 1.73. The predicted octanol–water partition coefficient (Wildman–Crippen LogP) is 4.37. The Kier molecular flexibility index (Phi) is 6.19. The van der Waals surface area contributed by atoms with E-state index in [0.29, 0.717) is 5.39 Å². The van der Waals surface area contributed by atoms with E-state index in [9.17, 15) is 14.7 Å². The van der Waals surface area contributed by atoms with Crippen LogP contribution in [0.1, 0.15) is 25.5 Å². The summed E-state index contributed by atoms with van der Waals surface area (Å²) in [4.78, 5) is 23.8. The van der Waals surface area contributed by atoms with Crippen LogP contribution in [0.4, 0.5) is 5.69 Å². The molecule has 0 unspecified atom stereocenters. The van der Waals surface area contributed by atoms with Crippen LogP contribution in [0, 0.1) is 0 Å². The molecule has 7 nitrogen and oxygen atoms in total. The SMILES string of the molecule is CC(C)n1c(O)c(N=NC(=O)CNC(=O)/C=C/c2ccccc2)c2ccccc21. The van der Waals surface area contributed by atoms with E-state index in [1.807, 2.05) is 68.4 Å². The van der Waals surface area contributed by atoms with Gasteiger partial charge in [-0.15, -0.1) is 10.2 Å². The lowest BCUT2D eigenvalue weighted by Gasteiger charge is -2.10. The average Bonchev–Trinajstić information content (AvgIpc) is 3.01. The molecule has 0 aliphatic carbocycles. The van der Waals surface area contributed by atoms with E-state index in [1.165, 1.54) is 6.08 Å². The van der Waals surface area contributed by atoms with Gasteiger partial charge in [0.25, 0.3) is 5.91 Å². The number of hydrogen-bond acceptors (Lipinski definition) is 4. The lowest BCUT2D eigenvalue weighted by molar-refractivity contribution is -0.122. The first-order valence-corrected chi connectivity index (χ1v) is 9.25. The molecule has 2 aromatic carbocycles. The monoisotopic (exact) mass is 390 g/mol. The number of carbonyl (C=O) groups excluding carboxylic acids is 2. The topological polar surface area (TPSA) is 96.0 Å². The van der Waals surface area contributed by atoms with Crippen molar-refractivity contribution in [2.24, 2.45) is 10.2 Å². The highest BCUT2D eigenvalue weighted by Gasteiger charge is 2.18. The van der Waals surface area contributed by atoms with Crippen molar-refractivity contribution < 1.29 is 14.7 Å². The Morgan fingerprint density at radius 3 is 2.52 bits per heavy atom. The van der Waals surface area contributed by atoms with Crippen molar-refractivity contribution in [3.8, 4) is 5.88 Å². The molecule has 0 bridgehead atoms. The first kappa shape index (κ1) is 20.0. The Bertz CT molecular complexity index is 1080. The Balaban J connectivity index is 1.66. The van der Waals surface area contributed by atoms with Gasteiger partial charge in [0.05, 0.1) is 5.52 Å². The molecule has 148 valence electrons. The van der Waals surface area contributed by atoms with Crippen molar-refractivity contribution in [1.82, 2.24) is 9.88 Å². The minimum absolute atomic E-state index is 0.00948. The van der Waals surface area contributed by atoms with Gasteiger partial charge in [-0.25, -0.2) is 0 Å². The Morgan fingerprint density at radius 1 is 1.10 bits per heavy atom. The van der Waals surface area contributed by atoms with E-state index in [2.05, 4.69) is 15.5 Å². The molecule has 0 aliphatic heterocycles. The van der Waals surface area contributed by atoms with Crippen LogP contribution in [0.15, 0.2) is 70.9 Å². The van der Waals surface area contributed by atoms with Crippen LogP contribution in [0.3, 0.4) is 0 Å². The van der Waals surface area contributed by atoms with Gasteiger partial charge < -0.3 is 15.0 Å². The van der Waals surface area contributed by atoms with E-state index in [0.717, 1.165) is 11.1 Å². The highest BCUT2D eigenvalue weighted by Crippen LogP contribution is 2.40. The fourth-order valence-corrected chi connectivity index (χ4v) is 2.95. The maximum atomic E-state index is 12.0. The third-order valence-electron chi connectivity index (χ3n) is 4.28. The number of fused-ring (bicyclic) bond motifs is 1. The summed E-state index contributed by atoms with van der Waals surface area (Å²) in [6.45, 7) is 3.60. The van der Waals surface area contributed by atoms with Gasteiger partial charge in [0.2, 0.25) is 11.8 Å².